The van der Waals surface area contributed by atoms with Crippen molar-refractivity contribution in [3.8, 4) is 0 Å². The zero-order valence-corrected chi connectivity index (χ0v) is 15.7. The summed E-state index contributed by atoms with van der Waals surface area (Å²) in [7, 11) is 1.85. The Morgan fingerprint density at radius 3 is 2.95 bits per heavy atom. The van der Waals surface area contributed by atoms with Gasteiger partial charge < -0.3 is 15.0 Å². The van der Waals surface area contributed by atoms with Gasteiger partial charge in [0.2, 0.25) is 0 Å². The van der Waals surface area contributed by atoms with E-state index in [0.29, 0.717) is 5.41 Å². The summed E-state index contributed by atoms with van der Waals surface area (Å²) in [5.74, 6) is 0.986. The van der Waals surface area contributed by atoms with Gasteiger partial charge >= 0.3 is 0 Å². The van der Waals surface area contributed by atoms with E-state index in [2.05, 4.69) is 26.3 Å². The summed E-state index contributed by atoms with van der Waals surface area (Å²) < 4.78 is 5.59. The second-order valence-electron chi connectivity index (χ2n) is 6.18. The van der Waals surface area contributed by atoms with Crippen molar-refractivity contribution in [2.24, 2.45) is 10.4 Å². The van der Waals surface area contributed by atoms with Crippen LogP contribution in [0.25, 0.3) is 0 Å². The molecule has 0 aromatic carbocycles. The number of nitrogens with zero attached hydrogens (tertiary/aromatic N) is 3. The van der Waals surface area contributed by atoms with E-state index in [-0.39, 0.29) is 24.0 Å². The van der Waals surface area contributed by atoms with Gasteiger partial charge in [0.1, 0.15) is 0 Å². The fourth-order valence-corrected chi connectivity index (χ4v) is 3.20. The van der Waals surface area contributed by atoms with Crippen molar-refractivity contribution >= 4 is 29.9 Å². The van der Waals surface area contributed by atoms with Gasteiger partial charge in [-0.15, -0.1) is 24.0 Å². The van der Waals surface area contributed by atoms with Crippen molar-refractivity contribution in [1.82, 2.24) is 15.2 Å². The number of pyridine rings is 1. The molecule has 0 radical (unpaired) electrons. The molecule has 0 bridgehead atoms. The Hall–Kier alpha value is -0.890. The molecule has 3 heterocycles. The number of nitrogens with one attached hydrogen (secondary N) is 1. The largest absolute Gasteiger partial charge is 0.381 e. The lowest BCUT2D eigenvalue weighted by molar-refractivity contribution is 0.156. The smallest absolute Gasteiger partial charge is 0.193 e. The normalized spacial score (nSPS) is 24.6. The molecule has 0 amide bonds. The summed E-state index contributed by atoms with van der Waals surface area (Å²) in [6.07, 6.45) is 4.31. The highest BCUT2D eigenvalue weighted by molar-refractivity contribution is 14.0. The van der Waals surface area contributed by atoms with Gasteiger partial charge in [0.25, 0.3) is 0 Å². The Kier molecular flexibility index (Phi) is 6.02. The summed E-state index contributed by atoms with van der Waals surface area (Å²) in [5.41, 5.74) is 2.59. The fourth-order valence-electron chi connectivity index (χ4n) is 3.20. The van der Waals surface area contributed by atoms with Crippen LogP contribution in [0.15, 0.2) is 23.3 Å². The molecule has 3 rings (SSSR count). The number of likely N-dealkylation sites (tertiary alicyclic amines) is 1. The molecular weight excluding hydrogens is 391 g/mol. The molecule has 2 aliphatic heterocycles. The molecule has 122 valence electrons. The van der Waals surface area contributed by atoms with Crippen molar-refractivity contribution in [2.75, 3.05) is 33.4 Å². The number of guanidine groups is 1. The zero-order valence-electron chi connectivity index (χ0n) is 13.3. The summed E-state index contributed by atoms with van der Waals surface area (Å²) >= 11 is 0. The third kappa shape index (κ3) is 3.90. The van der Waals surface area contributed by atoms with Crippen molar-refractivity contribution < 1.29 is 4.74 Å². The Labute approximate surface area is 149 Å². The molecule has 1 aromatic rings. The second kappa shape index (κ2) is 7.59. The molecule has 1 atom stereocenters. The molecule has 5 nitrogen and oxygen atoms in total. The third-order valence-corrected chi connectivity index (χ3v) is 4.56. The molecule has 22 heavy (non-hydrogen) atoms. The number of hydrogen-bond acceptors (Lipinski definition) is 3. The maximum atomic E-state index is 5.59. The Balaban J connectivity index is 0.00000176. The van der Waals surface area contributed by atoms with Gasteiger partial charge in [-0.2, -0.15) is 0 Å². The predicted octanol–water partition coefficient (Wildman–Crippen LogP) is 2.20. The number of hydrogen-bond donors (Lipinski definition) is 1. The molecule has 6 heteroatoms. The predicted molar refractivity (Wildman–Crippen MR) is 98.6 cm³/mol. The average Bonchev–Trinajstić information content (AvgIpc) is 3.13. The third-order valence-electron chi connectivity index (χ3n) is 4.56. The SMILES string of the molecule is CN=C(NCc1ccc(C)nc1)N1CCC2(CCOC2)C1.I. The topological polar surface area (TPSA) is 49.8 Å². The monoisotopic (exact) mass is 416 g/mol. The van der Waals surface area contributed by atoms with Crippen LogP contribution in [0.2, 0.25) is 0 Å². The van der Waals surface area contributed by atoms with Gasteiger partial charge in [0.05, 0.1) is 6.61 Å². The fraction of sp³-hybridized carbons (Fsp3) is 0.625. The van der Waals surface area contributed by atoms with Gasteiger partial charge in [-0.3, -0.25) is 9.98 Å². The highest BCUT2D eigenvalue weighted by atomic mass is 127. The first kappa shape index (κ1) is 17.5. The number of rotatable bonds is 2. The van der Waals surface area contributed by atoms with Crippen LogP contribution >= 0.6 is 24.0 Å². The van der Waals surface area contributed by atoms with Crippen LogP contribution in [0.4, 0.5) is 0 Å². The highest BCUT2D eigenvalue weighted by Crippen LogP contribution is 2.38. The maximum absolute atomic E-state index is 5.59. The van der Waals surface area contributed by atoms with Crippen LogP contribution in [0.5, 0.6) is 0 Å². The van der Waals surface area contributed by atoms with Crippen molar-refractivity contribution in [3.63, 3.8) is 0 Å². The van der Waals surface area contributed by atoms with E-state index in [1.165, 1.54) is 18.4 Å². The molecule has 1 unspecified atom stereocenters. The Morgan fingerprint density at radius 1 is 1.45 bits per heavy atom. The van der Waals surface area contributed by atoms with Gasteiger partial charge in [-0.1, -0.05) is 6.07 Å². The van der Waals surface area contributed by atoms with Gasteiger partial charge in [-0.25, -0.2) is 0 Å². The van der Waals surface area contributed by atoms with Crippen molar-refractivity contribution in [3.05, 3.63) is 29.6 Å². The van der Waals surface area contributed by atoms with Crippen LogP contribution in [0.1, 0.15) is 24.1 Å². The molecule has 0 aliphatic carbocycles. The van der Waals surface area contributed by atoms with Crippen LogP contribution in [0.3, 0.4) is 0 Å². The molecule has 2 saturated heterocycles. The van der Waals surface area contributed by atoms with Crippen LogP contribution in [-0.4, -0.2) is 49.2 Å². The van der Waals surface area contributed by atoms with E-state index in [4.69, 9.17) is 4.74 Å². The van der Waals surface area contributed by atoms with E-state index in [1.807, 2.05) is 26.2 Å². The summed E-state index contributed by atoms with van der Waals surface area (Å²) in [6.45, 7) is 6.70. The second-order valence-corrected chi connectivity index (χ2v) is 6.18. The van der Waals surface area contributed by atoms with Gasteiger partial charge in [-0.05, 0) is 31.4 Å². The number of aliphatic imine (C=N–C) groups is 1. The Bertz CT molecular complexity index is 511. The highest BCUT2D eigenvalue weighted by Gasteiger charge is 2.42. The molecule has 1 N–H and O–H groups in total. The van der Waals surface area contributed by atoms with E-state index in [1.54, 1.807) is 0 Å². The van der Waals surface area contributed by atoms with Gasteiger partial charge in [0, 0.05) is 50.6 Å². The summed E-state index contributed by atoms with van der Waals surface area (Å²) in [6, 6.07) is 4.15. The number of aryl methyl sites for hydroxylation is 1. The average molecular weight is 416 g/mol. The summed E-state index contributed by atoms with van der Waals surface area (Å²) in [4.78, 5) is 11.1. The standard InChI is InChI=1S/C16H24N4O.HI/c1-13-3-4-14(9-18-13)10-19-15(17-2)20-7-5-16(11-20)6-8-21-12-16;/h3-4,9H,5-8,10-12H2,1-2H3,(H,17,19);1H. The van der Waals surface area contributed by atoms with Crippen molar-refractivity contribution in [2.45, 2.75) is 26.3 Å². The molecule has 2 fully saturated rings. The van der Waals surface area contributed by atoms with E-state index >= 15 is 0 Å². The summed E-state index contributed by atoms with van der Waals surface area (Å²) in [5, 5.41) is 3.45. The van der Waals surface area contributed by atoms with E-state index < -0.39 is 0 Å². The number of ether oxygens (including phenoxy) is 1. The number of aromatic nitrogens is 1. The Morgan fingerprint density at radius 2 is 2.32 bits per heavy atom. The van der Waals surface area contributed by atoms with E-state index in [0.717, 1.165) is 44.5 Å². The first-order chi connectivity index (χ1) is 10.2. The first-order valence-corrected chi connectivity index (χ1v) is 7.66. The molecular formula is C16H25IN4O. The van der Waals surface area contributed by atoms with Crippen LogP contribution < -0.4 is 5.32 Å². The van der Waals surface area contributed by atoms with Gasteiger partial charge in [0.15, 0.2) is 5.96 Å². The molecule has 2 aliphatic rings. The van der Waals surface area contributed by atoms with Crippen LogP contribution in [-0.2, 0) is 11.3 Å². The molecule has 0 saturated carbocycles. The lowest BCUT2D eigenvalue weighted by Crippen LogP contribution is -2.41. The lowest BCUT2D eigenvalue weighted by atomic mass is 9.87. The molecule has 1 spiro atoms. The van der Waals surface area contributed by atoms with Crippen molar-refractivity contribution in [1.29, 1.82) is 0 Å². The first-order valence-electron chi connectivity index (χ1n) is 7.66. The number of halogens is 1. The molecule has 1 aromatic heterocycles. The quantitative estimate of drug-likeness (QED) is 0.456. The lowest BCUT2D eigenvalue weighted by Gasteiger charge is -2.24. The van der Waals surface area contributed by atoms with E-state index in [9.17, 15) is 0 Å². The minimum atomic E-state index is 0. The van der Waals surface area contributed by atoms with Crippen LogP contribution in [0, 0.1) is 12.3 Å². The minimum Gasteiger partial charge on any atom is -0.381 e. The zero-order chi connectivity index (χ0) is 14.7. The maximum Gasteiger partial charge on any atom is 0.193 e. The minimum absolute atomic E-state index is 0.